The minimum atomic E-state index is -0.135. The minimum Gasteiger partial charge on any atom is -0.286 e. The number of amidine groups is 1. The molecule has 0 unspecified atom stereocenters. The molecule has 1 aliphatic rings. The number of nitrogens with zero attached hydrogens (tertiary/aromatic N) is 2. The van der Waals surface area contributed by atoms with Crippen LogP contribution < -0.4 is 0 Å². The molecule has 3 nitrogen and oxygen atoms in total. The van der Waals surface area contributed by atoms with Gasteiger partial charge in [-0.15, -0.1) is 0 Å². The van der Waals surface area contributed by atoms with Crippen LogP contribution in [0, 0.1) is 0 Å². The van der Waals surface area contributed by atoms with E-state index in [1.807, 2.05) is 66.7 Å². The van der Waals surface area contributed by atoms with Gasteiger partial charge in [0.1, 0.15) is 11.5 Å². The Morgan fingerprint density at radius 2 is 1.43 bits per heavy atom. The van der Waals surface area contributed by atoms with E-state index in [1.165, 1.54) is 0 Å². The van der Waals surface area contributed by atoms with E-state index in [0.717, 1.165) is 16.7 Å². The Balaban J connectivity index is 1.71. The molecular weight excluding hydrogens is 391 g/mol. The Morgan fingerprint density at radius 1 is 0.821 bits per heavy atom. The highest BCUT2D eigenvalue weighted by Crippen LogP contribution is 2.25. The van der Waals surface area contributed by atoms with Gasteiger partial charge in [-0.25, -0.2) is 4.99 Å². The number of hydrogen-bond acceptors (Lipinski definition) is 2. The van der Waals surface area contributed by atoms with Gasteiger partial charge in [0.05, 0.1) is 6.54 Å². The van der Waals surface area contributed by atoms with E-state index in [0.29, 0.717) is 28.1 Å². The van der Waals surface area contributed by atoms with Crippen molar-refractivity contribution < 1.29 is 4.79 Å². The van der Waals surface area contributed by atoms with Crippen LogP contribution in [0.25, 0.3) is 6.08 Å². The standard InChI is InChI=1S/C23H16Cl2N2O/c24-19-10-6-16(7-11-19)14-21-23(28)27(15-17-8-12-20(25)13-9-17)22(26-21)18-4-2-1-3-5-18/h1-14H,15H2. The lowest BCUT2D eigenvalue weighted by molar-refractivity contribution is -0.123. The highest BCUT2D eigenvalue weighted by atomic mass is 35.5. The Hall–Kier alpha value is -2.88. The fourth-order valence-electron chi connectivity index (χ4n) is 2.99. The Labute approximate surface area is 173 Å². The summed E-state index contributed by atoms with van der Waals surface area (Å²) in [5.41, 5.74) is 3.14. The average Bonchev–Trinajstić information content (AvgIpc) is 3.02. The molecule has 0 spiro atoms. The van der Waals surface area contributed by atoms with Gasteiger partial charge in [0, 0.05) is 15.6 Å². The molecule has 1 amide bonds. The summed E-state index contributed by atoms with van der Waals surface area (Å²) in [7, 11) is 0. The number of benzene rings is 3. The lowest BCUT2D eigenvalue weighted by atomic mass is 10.1. The highest BCUT2D eigenvalue weighted by molar-refractivity contribution is 6.30. The van der Waals surface area contributed by atoms with Crippen LogP contribution in [-0.4, -0.2) is 16.6 Å². The van der Waals surface area contributed by atoms with E-state index in [4.69, 9.17) is 23.2 Å². The molecule has 0 saturated carbocycles. The van der Waals surface area contributed by atoms with E-state index >= 15 is 0 Å². The molecule has 0 saturated heterocycles. The molecule has 28 heavy (non-hydrogen) atoms. The SMILES string of the molecule is O=C1C(=Cc2ccc(Cl)cc2)N=C(c2ccccc2)N1Cc1ccc(Cl)cc1. The molecule has 0 N–H and O–H groups in total. The summed E-state index contributed by atoms with van der Waals surface area (Å²) >= 11 is 11.9. The molecular formula is C23H16Cl2N2O. The zero-order valence-corrected chi connectivity index (χ0v) is 16.4. The second-order valence-corrected chi connectivity index (χ2v) is 7.27. The van der Waals surface area contributed by atoms with E-state index in [2.05, 4.69) is 4.99 Å². The van der Waals surface area contributed by atoms with Gasteiger partial charge in [0.25, 0.3) is 5.91 Å². The fraction of sp³-hybridized carbons (Fsp3) is 0.0435. The van der Waals surface area contributed by atoms with Crippen LogP contribution in [0.2, 0.25) is 10.0 Å². The summed E-state index contributed by atoms with van der Waals surface area (Å²) in [6.07, 6.45) is 1.78. The molecule has 5 heteroatoms. The zero-order valence-electron chi connectivity index (χ0n) is 14.8. The zero-order chi connectivity index (χ0) is 19.5. The molecule has 0 aliphatic carbocycles. The van der Waals surface area contributed by atoms with Gasteiger partial charge in [0.2, 0.25) is 0 Å². The predicted molar refractivity (Wildman–Crippen MR) is 114 cm³/mol. The lowest BCUT2D eigenvalue weighted by Crippen LogP contribution is -2.32. The quantitative estimate of drug-likeness (QED) is 0.502. The summed E-state index contributed by atoms with van der Waals surface area (Å²) in [5, 5.41) is 1.31. The average molecular weight is 407 g/mol. The van der Waals surface area contributed by atoms with Crippen molar-refractivity contribution in [2.24, 2.45) is 4.99 Å². The molecule has 0 bridgehead atoms. The molecule has 0 aromatic heterocycles. The smallest absolute Gasteiger partial charge is 0.278 e. The van der Waals surface area contributed by atoms with Crippen molar-refractivity contribution >= 4 is 41.0 Å². The van der Waals surface area contributed by atoms with E-state index in [-0.39, 0.29) is 5.91 Å². The van der Waals surface area contributed by atoms with Crippen LogP contribution in [0.5, 0.6) is 0 Å². The number of halogens is 2. The Morgan fingerprint density at radius 3 is 2.07 bits per heavy atom. The van der Waals surface area contributed by atoms with E-state index < -0.39 is 0 Å². The van der Waals surface area contributed by atoms with E-state index in [9.17, 15) is 4.79 Å². The van der Waals surface area contributed by atoms with Crippen molar-refractivity contribution in [3.05, 3.63) is 111 Å². The molecule has 3 aromatic rings. The summed E-state index contributed by atoms with van der Waals surface area (Å²) in [6.45, 7) is 0.418. The predicted octanol–water partition coefficient (Wildman–Crippen LogP) is 5.82. The first-order valence-corrected chi connectivity index (χ1v) is 9.53. The maximum absolute atomic E-state index is 13.1. The molecule has 1 aliphatic heterocycles. The number of hydrogen-bond donors (Lipinski definition) is 0. The fourth-order valence-corrected chi connectivity index (χ4v) is 3.25. The van der Waals surface area contributed by atoms with Crippen LogP contribution in [0.1, 0.15) is 16.7 Å². The molecule has 3 aromatic carbocycles. The largest absolute Gasteiger partial charge is 0.286 e. The maximum atomic E-state index is 13.1. The van der Waals surface area contributed by atoms with E-state index in [1.54, 1.807) is 23.1 Å². The first-order valence-electron chi connectivity index (χ1n) is 8.78. The van der Waals surface area contributed by atoms with Crippen LogP contribution in [0.3, 0.4) is 0 Å². The summed E-state index contributed by atoms with van der Waals surface area (Å²) < 4.78 is 0. The Kier molecular flexibility index (Phi) is 5.29. The second-order valence-electron chi connectivity index (χ2n) is 6.40. The summed E-state index contributed by atoms with van der Waals surface area (Å²) in [5.74, 6) is 0.504. The van der Waals surface area contributed by atoms with Crippen LogP contribution in [-0.2, 0) is 11.3 Å². The van der Waals surface area contributed by atoms with Gasteiger partial charge in [-0.3, -0.25) is 9.69 Å². The van der Waals surface area contributed by atoms with Gasteiger partial charge >= 0.3 is 0 Å². The van der Waals surface area contributed by atoms with Gasteiger partial charge in [-0.2, -0.15) is 0 Å². The van der Waals surface area contributed by atoms with Gasteiger partial charge in [-0.05, 0) is 41.5 Å². The lowest BCUT2D eigenvalue weighted by Gasteiger charge is -2.18. The number of carbonyl (C=O) groups excluding carboxylic acids is 1. The first-order chi connectivity index (χ1) is 13.6. The summed E-state index contributed by atoms with van der Waals surface area (Å²) in [6, 6.07) is 24.5. The molecule has 1 heterocycles. The van der Waals surface area contributed by atoms with Crippen LogP contribution >= 0.6 is 23.2 Å². The maximum Gasteiger partial charge on any atom is 0.278 e. The third-order valence-electron chi connectivity index (χ3n) is 4.41. The molecule has 0 atom stereocenters. The topological polar surface area (TPSA) is 32.7 Å². The molecule has 138 valence electrons. The van der Waals surface area contributed by atoms with Crippen LogP contribution in [0.4, 0.5) is 0 Å². The molecule has 4 rings (SSSR count). The third kappa shape index (κ3) is 4.01. The van der Waals surface area contributed by atoms with Crippen LogP contribution in [0.15, 0.2) is 89.6 Å². The molecule has 0 fully saturated rings. The minimum absolute atomic E-state index is 0.135. The second kappa shape index (κ2) is 8.01. The van der Waals surface area contributed by atoms with Gasteiger partial charge < -0.3 is 0 Å². The summed E-state index contributed by atoms with van der Waals surface area (Å²) in [4.78, 5) is 19.5. The van der Waals surface area contributed by atoms with Gasteiger partial charge in [0.15, 0.2) is 0 Å². The Bertz CT molecular complexity index is 1060. The normalized spacial score (nSPS) is 15.2. The number of carbonyl (C=O) groups is 1. The first kappa shape index (κ1) is 18.5. The highest BCUT2D eigenvalue weighted by Gasteiger charge is 2.31. The monoisotopic (exact) mass is 406 g/mol. The van der Waals surface area contributed by atoms with Crippen molar-refractivity contribution in [1.82, 2.24) is 4.90 Å². The molecule has 0 radical (unpaired) electrons. The number of aliphatic imine (C=N–C) groups is 1. The van der Waals surface area contributed by atoms with Crippen molar-refractivity contribution in [3.8, 4) is 0 Å². The van der Waals surface area contributed by atoms with Crippen molar-refractivity contribution in [2.45, 2.75) is 6.54 Å². The third-order valence-corrected chi connectivity index (χ3v) is 4.91. The number of rotatable bonds is 4. The number of amides is 1. The van der Waals surface area contributed by atoms with Crippen molar-refractivity contribution in [3.63, 3.8) is 0 Å². The van der Waals surface area contributed by atoms with Gasteiger partial charge in [-0.1, -0.05) is 77.8 Å². The van der Waals surface area contributed by atoms with Crippen molar-refractivity contribution in [1.29, 1.82) is 0 Å². The van der Waals surface area contributed by atoms with Crippen molar-refractivity contribution in [2.75, 3.05) is 0 Å².